The van der Waals surface area contributed by atoms with Crippen LogP contribution in [0.5, 0.6) is 0 Å². The van der Waals surface area contributed by atoms with E-state index in [-0.39, 0.29) is 0 Å². The molecule has 18 heavy (non-hydrogen) atoms. The summed E-state index contributed by atoms with van der Waals surface area (Å²) in [6, 6.07) is 1.09. The number of imidazole rings is 1. The maximum atomic E-state index is 5.72. The summed E-state index contributed by atoms with van der Waals surface area (Å²) in [5, 5.41) is 3.68. The summed E-state index contributed by atoms with van der Waals surface area (Å²) in [5.74, 6) is 0. The summed E-state index contributed by atoms with van der Waals surface area (Å²) >= 11 is 0. The quantitative estimate of drug-likeness (QED) is 0.893. The number of nitrogens with zero attached hydrogens (tertiary/aromatic N) is 2. The van der Waals surface area contributed by atoms with Gasteiger partial charge in [0.25, 0.3) is 0 Å². The van der Waals surface area contributed by atoms with Crippen LogP contribution < -0.4 is 5.32 Å². The van der Waals surface area contributed by atoms with Crippen molar-refractivity contribution in [3.8, 4) is 0 Å². The monoisotopic (exact) mass is 249 g/mol. The lowest BCUT2D eigenvalue weighted by Crippen LogP contribution is -2.36. The van der Waals surface area contributed by atoms with Gasteiger partial charge in [0.05, 0.1) is 24.7 Å². The van der Waals surface area contributed by atoms with Gasteiger partial charge < -0.3 is 14.6 Å². The fraction of sp³-hybridized carbons (Fsp3) is 0.786. The fourth-order valence-corrected chi connectivity index (χ4v) is 3.15. The maximum Gasteiger partial charge on any atom is 0.0949 e. The second-order valence-electron chi connectivity index (χ2n) is 5.66. The lowest BCUT2D eigenvalue weighted by molar-refractivity contribution is 0.0956. The van der Waals surface area contributed by atoms with Crippen molar-refractivity contribution >= 4 is 0 Å². The Morgan fingerprint density at radius 1 is 1.39 bits per heavy atom. The van der Waals surface area contributed by atoms with Gasteiger partial charge in [-0.05, 0) is 39.0 Å². The van der Waals surface area contributed by atoms with Gasteiger partial charge in [-0.2, -0.15) is 0 Å². The summed E-state index contributed by atoms with van der Waals surface area (Å²) in [4.78, 5) is 4.33. The molecule has 3 unspecified atom stereocenters. The lowest BCUT2D eigenvalue weighted by Gasteiger charge is -2.29. The molecule has 0 aliphatic carbocycles. The maximum absolute atomic E-state index is 5.72. The zero-order chi connectivity index (χ0) is 12.4. The average Bonchev–Trinajstić information content (AvgIpc) is 3.01. The number of hydrogen-bond acceptors (Lipinski definition) is 3. The minimum absolute atomic E-state index is 0.388. The van der Waals surface area contributed by atoms with Gasteiger partial charge in [0, 0.05) is 24.9 Å². The summed E-state index contributed by atoms with van der Waals surface area (Å²) in [6.45, 7) is 4.16. The van der Waals surface area contributed by atoms with Crippen LogP contribution in [0.3, 0.4) is 0 Å². The number of aromatic nitrogens is 2. The number of ether oxygens (including phenoxy) is 1. The molecule has 4 nitrogen and oxygen atoms in total. The number of hydrogen-bond donors (Lipinski definition) is 1. The molecule has 0 amide bonds. The van der Waals surface area contributed by atoms with Gasteiger partial charge in [0.2, 0.25) is 0 Å². The van der Waals surface area contributed by atoms with Gasteiger partial charge in [0.15, 0.2) is 0 Å². The zero-order valence-electron chi connectivity index (χ0n) is 11.1. The van der Waals surface area contributed by atoms with Crippen LogP contribution in [-0.4, -0.2) is 28.3 Å². The van der Waals surface area contributed by atoms with Gasteiger partial charge >= 0.3 is 0 Å². The molecule has 1 aromatic heterocycles. The molecule has 100 valence electrons. The highest BCUT2D eigenvalue weighted by atomic mass is 16.5. The number of piperidine rings is 1. The van der Waals surface area contributed by atoms with Crippen LogP contribution >= 0.6 is 0 Å². The largest absolute Gasteiger partial charge is 0.376 e. The summed E-state index contributed by atoms with van der Waals surface area (Å²) < 4.78 is 8.00. The van der Waals surface area contributed by atoms with Crippen molar-refractivity contribution < 1.29 is 4.74 Å². The zero-order valence-corrected chi connectivity index (χ0v) is 11.1. The highest BCUT2D eigenvalue weighted by molar-refractivity contribution is 5.07. The van der Waals surface area contributed by atoms with Crippen LogP contribution in [0.25, 0.3) is 0 Å². The first-order valence-corrected chi connectivity index (χ1v) is 7.20. The van der Waals surface area contributed by atoms with Crippen molar-refractivity contribution in [2.75, 3.05) is 6.61 Å². The molecule has 2 aliphatic heterocycles. The average molecular weight is 249 g/mol. The van der Waals surface area contributed by atoms with Gasteiger partial charge in [-0.15, -0.1) is 0 Å². The first-order valence-electron chi connectivity index (χ1n) is 7.20. The normalized spacial score (nSPS) is 32.8. The van der Waals surface area contributed by atoms with E-state index < -0.39 is 0 Å². The van der Waals surface area contributed by atoms with Crippen LogP contribution in [0.4, 0.5) is 0 Å². The molecular weight excluding hydrogens is 226 g/mol. The van der Waals surface area contributed by atoms with E-state index in [9.17, 15) is 0 Å². The second-order valence-corrected chi connectivity index (χ2v) is 5.66. The van der Waals surface area contributed by atoms with E-state index in [4.69, 9.17) is 4.74 Å². The highest BCUT2D eigenvalue weighted by Crippen LogP contribution is 2.26. The highest BCUT2D eigenvalue weighted by Gasteiger charge is 2.24. The molecule has 2 aliphatic rings. The van der Waals surface area contributed by atoms with Crippen molar-refractivity contribution in [2.45, 2.75) is 63.8 Å². The molecule has 0 radical (unpaired) electrons. The molecule has 0 bridgehead atoms. The van der Waals surface area contributed by atoms with E-state index in [1.165, 1.54) is 37.8 Å². The fourth-order valence-electron chi connectivity index (χ4n) is 3.15. The molecule has 3 heterocycles. The van der Waals surface area contributed by atoms with E-state index in [1.54, 1.807) is 0 Å². The first kappa shape index (κ1) is 12.2. The second kappa shape index (κ2) is 5.41. The SMILES string of the molecule is CC1CCCC(c2cncn2CC2CCCO2)N1. The van der Waals surface area contributed by atoms with Crippen molar-refractivity contribution in [1.29, 1.82) is 0 Å². The minimum atomic E-state index is 0.388. The number of nitrogens with one attached hydrogen (secondary N) is 1. The Hall–Kier alpha value is -0.870. The molecule has 2 saturated heterocycles. The third kappa shape index (κ3) is 2.59. The van der Waals surface area contributed by atoms with E-state index in [0.29, 0.717) is 18.2 Å². The molecule has 1 aromatic rings. The number of rotatable bonds is 3. The molecule has 4 heteroatoms. The standard InChI is InChI=1S/C14H23N3O/c1-11-4-2-6-13(16-11)14-8-15-10-17(14)9-12-5-3-7-18-12/h8,10-13,16H,2-7,9H2,1H3. The predicted molar refractivity (Wildman–Crippen MR) is 70.4 cm³/mol. The molecule has 0 saturated carbocycles. The Kier molecular flexibility index (Phi) is 3.66. The summed E-state index contributed by atoms with van der Waals surface area (Å²) in [5.41, 5.74) is 1.33. The Labute approximate surface area is 109 Å². The van der Waals surface area contributed by atoms with Gasteiger partial charge in [0.1, 0.15) is 0 Å². The Morgan fingerprint density at radius 2 is 2.33 bits per heavy atom. The Bertz CT molecular complexity index is 384. The minimum Gasteiger partial charge on any atom is -0.376 e. The Morgan fingerprint density at radius 3 is 3.11 bits per heavy atom. The van der Waals surface area contributed by atoms with Crippen molar-refractivity contribution in [3.63, 3.8) is 0 Å². The molecule has 2 fully saturated rings. The molecular formula is C14H23N3O. The molecule has 1 N–H and O–H groups in total. The lowest BCUT2D eigenvalue weighted by atomic mass is 9.97. The molecule has 0 spiro atoms. The molecule has 3 rings (SSSR count). The van der Waals surface area contributed by atoms with Gasteiger partial charge in [-0.3, -0.25) is 0 Å². The third-order valence-electron chi connectivity index (χ3n) is 4.14. The summed E-state index contributed by atoms with van der Waals surface area (Å²) in [7, 11) is 0. The van der Waals surface area contributed by atoms with Crippen LogP contribution in [0, 0.1) is 0 Å². The topological polar surface area (TPSA) is 39.1 Å². The Balaban J connectivity index is 1.69. The van der Waals surface area contributed by atoms with Crippen molar-refractivity contribution in [3.05, 3.63) is 18.2 Å². The predicted octanol–water partition coefficient (Wildman–Crippen LogP) is 2.27. The van der Waals surface area contributed by atoms with E-state index in [2.05, 4.69) is 21.8 Å². The van der Waals surface area contributed by atoms with E-state index in [0.717, 1.165) is 13.2 Å². The molecule has 0 aromatic carbocycles. The van der Waals surface area contributed by atoms with E-state index >= 15 is 0 Å². The van der Waals surface area contributed by atoms with Crippen molar-refractivity contribution in [1.82, 2.24) is 14.9 Å². The van der Waals surface area contributed by atoms with Crippen LogP contribution in [0.2, 0.25) is 0 Å². The van der Waals surface area contributed by atoms with Crippen LogP contribution in [0.15, 0.2) is 12.5 Å². The smallest absolute Gasteiger partial charge is 0.0949 e. The van der Waals surface area contributed by atoms with Crippen molar-refractivity contribution in [2.24, 2.45) is 0 Å². The van der Waals surface area contributed by atoms with Gasteiger partial charge in [-0.25, -0.2) is 4.98 Å². The van der Waals surface area contributed by atoms with Crippen LogP contribution in [0.1, 0.15) is 50.8 Å². The molecule has 3 atom stereocenters. The van der Waals surface area contributed by atoms with Gasteiger partial charge in [-0.1, -0.05) is 0 Å². The van der Waals surface area contributed by atoms with E-state index in [1.807, 2.05) is 12.5 Å². The summed E-state index contributed by atoms with van der Waals surface area (Å²) in [6.07, 6.45) is 10.6. The first-order chi connectivity index (χ1) is 8.83. The van der Waals surface area contributed by atoms with Crippen LogP contribution in [-0.2, 0) is 11.3 Å². The third-order valence-corrected chi connectivity index (χ3v) is 4.14.